The Morgan fingerprint density at radius 2 is 1.75 bits per heavy atom. The Labute approximate surface area is 185 Å². The van der Waals surface area contributed by atoms with Crippen molar-refractivity contribution in [2.24, 2.45) is 17.6 Å². The van der Waals surface area contributed by atoms with E-state index in [1.165, 1.54) is 4.90 Å². The fourth-order valence-electron chi connectivity index (χ4n) is 5.59. The Morgan fingerprint density at radius 1 is 1.06 bits per heavy atom. The number of benzene rings is 2. The van der Waals surface area contributed by atoms with Crippen molar-refractivity contribution < 1.29 is 19.2 Å². The van der Waals surface area contributed by atoms with Crippen molar-refractivity contribution in [2.75, 3.05) is 5.32 Å². The second-order valence-electron chi connectivity index (χ2n) is 8.70. The number of para-hydroxylation sites is 1. The highest BCUT2D eigenvalue weighted by molar-refractivity contribution is 6.15. The van der Waals surface area contributed by atoms with Crippen LogP contribution < -0.4 is 16.4 Å². The molecule has 4 N–H and O–H groups in total. The number of amides is 4. The number of hydrogen-bond acceptors (Lipinski definition) is 5. The molecule has 2 fully saturated rings. The van der Waals surface area contributed by atoms with Crippen molar-refractivity contribution in [3.05, 3.63) is 65.7 Å². The molecular formula is C24H24N4O4. The van der Waals surface area contributed by atoms with Crippen LogP contribution in [0.1, 0.15) is 36.9 Å². The quantitative estimate of drug-likeness (QED) is 0.617. The molecule has 5 atom stereocenters. The summed E-state index contributed by atoms with van der Waals surface area (Å²) in [6.45, 7) is 1.81. The molecule has 3 heterocycles. The molecule has 0 unspecified atom stereocenters. The van der Waals surface area contributed by atoms with Crippen LogP contribution >= 0.6 is 0 Å². The van der Waals surface area contributed by atoms with Crippen LogP contribution in [-0.2, 0) is 24.7 Å². The number of likely N-dealkylation sites (tertiary alicyclic amines) is 1. The molecule has 164 valence electrons. The number of nitrogens with two attached hydrogens (primary N) is 1. The van der Waals surface area contributed by atoms with E-state index in [2.05, 4.69) is 10.6 Å². The molecule has 0 aliphatic carbocycles. The second-order valence-corrected chi connectivity index (χ2v) is 8.70. The predicted octanol–water partition coefficient (Wildman–Crippen LogP) is 1.43. The summed E-state index contributed by atoms with van der Waals surface area (Å²) < 4.78 is 0. The van der Waals surface area contributed by atoms with Crippen molar-refractivity contribution in [2.45, 2.75) is 37.4 Å². The topological polar surface area (TPSA) is 122 Å². The van der Waals surface area contributed by atoms with Gasteiger partial charge in [-0.25, -0.2) is 0 Å². The highest BCUT2D eigenvalue weighted by atomic mass is 16.2. The van der Waals surface area contributed by atoms with Crippen molar-refractivity contribution in [3.8, 4) is 0 Å². The van der Waals surface area contributed by atoms with Crippen LogP contribution in [0.3, 0.4) is 0 Å². The molecule has 8 nitrogen and oxygen atoms in total. The lowest BCUT2D eigenvalue weighted by molar-refractivity contribution is -0.145. The van der Waals surface area contributed by atoms with E-state index < -0.39 is 35.4 Å². The maximum Gasteiger partial charge on any atom is 0.250 e. The first kappa shape index (κ1) is 20.4. The first-order valence-electron chi connectivity index (χ1n) is 10.7. The van der Waals surface area contributed by atoms with Gasteiger partial charge in [-0.1, -0.05) is 48.5 Å². The van der Waals surface area contributed by atoms with Gasteiger partial charge < -0.3 is 11.1 Å². The van der Waals surface area contributed by atoms with Gasteiger partial charge in [-0.3, -0.25) is 29.4 Å². The van der Waals surface area contributed by atoms with Crippen LogP contribution in [0.4, 0.5) is 5.69 Å². The molecule has 32 heavy (non-hydrogen) atoms. The number of rotatable bonds is 5. The van der Waals surface area contributed by atoms with Crippen molar-refractivity contribution in [1.29, 1.82) is 0 Å². The van der Waals surface area contributed by atoms with Crippen LogP contribution in [0.5, 0.6) is 0 Å². The Bertz CT molecular complexity index is 1130. The number of anilines is 1. The molecule has 8 heteroatoms. The molecule has 4 amide bonds. The number of nitrogens with one attached hydrogen (secondary N) is 2. The van der Waals surface area contributed by atoms with E-state index in [4.69, 9.17) is 5.73 Å². The minimum absolute atomic E-state index is 0.0515. The van der Waals surface area contributed by atoms with Gasteiger partial charge in [0.2, 0.25) is 23.6 Å². The third-order valence-electron chi connectivity index (χ3n) is 7.03. The summed E-state index contributed by atoms with van der Waals surface area (Å²) in [5, 5.41) is 6.17. The smallest absolute Gasteiger partial charge is 0.250 e. The molecule has 2 saturated heterocycles. The number of nitrogens with zero attached hydrogens (tertiary/aromatic N) is 1. The summed E-state index contributed by atoms with van der Waals surface area (Å²) in [6.07, 6.45) is 0.316. The molecule has 1 spiro atoms. The summed E-state index contributed by atoms with van der Waals surface area (Å²) >= 11 is 0. The Morgan fingerprint density at radius 3 is 2.47 bits per heavy atom. The SMILES string of the molecule is C[C@H](c1ccccc1)N1C(=O)[C@H]2[C@@H](C1=O)[C@@]1(N[C@@H]2CCC(N)=O)C(=O)Nc2ccccc21. The van der Waals surface area contributed by atoms with Gasteiger partial charge >= 0.3 is 0 Å². The zero-order valence-electron chi connectivity index (χ0n) is 17.6. The summed E-state index contributed by atoms with van der Waals surface area (Å²) in [5.41, 5.74) is 6.11. The molecule has 3 aliphatic rings. The van der Waals surface area contributed by atoms with Crippen molar-refractivity contribution in [3.63, 3.8) is 0 Å². The number of primary amides is 1. The fourth-order valence-corrected chi connectivity index (χ4v) is 5.59. The van der Waals surface area contributed by atoms with Gasteiger partial charge in [0, 0.05) is 23.7 Å². The van der Waals surface area contributed by atoms with E-state index in [1.807, 2.05) is 37.3 Å². The first-order chi connectivity index (χ1) is 15.4. The lowest BCUT2D eigenvalue weighted by Crippen LogP contribution is -2.53. The fraction of sp³-hybridized carbons (Fsp3) is 0.333. The summed E-state index contributed by atoms with van der Waals surface area (Å²) in [7, 11) is 0. The maximum atomic E-state index is 13.8. The monoisotopic (exact) mass is 432 g/mol. The predicted molar refractivity (Wildman–Crippen MR) is 116 cm³/mol. The van der Waals surface area contributed by atoms with E-state index in [9.17, 15) is 19.2 Å². The van der Waals surface area contributed by atoms with E-state index in [0.29, 0.717) is 11.3 Å². The average Bonchev–Trinajstić information content (AvgIpc) is 3.37. The van der Waals surface area contributed by atoms with Crippen LogP contribution in [-0.4, -0.2) is 34.6 Å². The zero-order valence-corrected chi connectivity index (χ0v) is 17.6. The first-order valence-corrected chi connectivity index (χ1v) is 10.7. The minimum atomic E-state index is -1.36. The van der Waals surface area contributed by atoms with Gasteiger partial charge in [0.05, 0.1) is 17.9 Å². The van der Waals surface area contributed by atoms with Crippen LogP contribution in [0.15, 0.2) is 54.6 Å². The maximum absolute atomic E-state index is 13.8. The van der Waals surface area contributed by atoms with Gasteiger partial charge in [0.15, 0.2) is 0 Å². The largest absolute Gasteiger partial charge is 0.370 e. The molecule has 2 aromatic rings. The van der Waals surface area contributed by atoms with Crippen molar-refractivity contribution in [1.82, 2.24) is 10.2 Å². The third-order valence-corrected chi connectivity index (χ3v) is 7.03. The number of fused-ring (bicyclic) bond motifs is 4. The summed E-state index contributed by atoms with van der Waals surface area (Å²) in [4.78, 5) is 53.6. The van der Waals surface area contributed by atoms with E-state index in [-0.39, 0.29) is 30.6 Å². The van der Waals surface area contributed by atoms with Gasteiger partial charge in [0.1, 0.15) is 5.54 Å². The zero-order chi connectivity index (χ0) is 22.6. The van der Waals surface area contributed by atoms with Crippen LogP contribution in [0.2, 0.25) is 0 Å². The lowest BCUT2D eigenvalue weighted by Gasteiger charge is -2.31. The standard InChI is InChI=1S/C24H24N4O4/c1-13(14-7-3-2-4-8-14)28-21(30)19-17(11-12-18(25)29)27-24(20(19)22(28)31)15-9-5-6-10-16(15)26-23(24)32/h2-10,13,17,19-20,27H,11-12H2,1H3,(H2,25,29)(H,26,32)/t13-,17-,19-,20+,24-/m1/s1. The molecule has 0 saturated carbocycles. The number of imide groups is 1. The van der Waals surface area contributed by atoms with E-state index in [1.54, 1.807) is 24.3 Å². The lowest BCUT2D eigenvalue weighted by atomic mass is 9.76. The molecule has 3 aliphatic heterocycles. The Balaban J connectivity index is 1.61. The molecule has 2 aromatic carbocycles. The van der Waals surface area contributed by atoms with Crippen molar-refractivity contribution >= 4 is 29.3 Å². The highest BCUT2D eigenvalue weighted by Crippen LogP contribution is 2.54. The number of carbonyl (C=O) groups is 4. The summed E-state index contributed by atoms with van der Waals surface area (Å²) in [6, 6.07) is 15.5. The van der Waals surface area contributed by atoms with Gasteiger partial charge in [0.25, 0.3) is 0 Å². The number of carbonyl (C=O) groups excluding carboxylic acids is 4. The van der Waals surface area contributed by atoms with Gasteiger partial charge in [-0.2, -0.15) is 0 Å². The van der Waals surface area contributed by atoms with Gasteiger partial charge in [-0.15, -0.1) is 0 Å². The average molecular weight is 432 g/mol. The molecular weight excluding hydrogens is 408 g/mol. The van der Waals surface area contributed by atoms with Gasteiger partial charge in [-0.05, 0) is 25.0 Å². The molecule has 0 aromatic heterocycles. The van der Waals surface area contributed by atoms with Crippen LogP contribution in [0, 0.1) is 11.8 Å². The van der Waals surface area contributed by atoms with E-state index in [0.717, 1.165) is 5.56 Å². The number of hydrogen-bond donors (Lipinski definition) is 3. The summed E-state index contributed by atoms with van der Waals surface area (Å²) in [5.74, 6) is -3.21. The normalized spacial score (nSPS) is 29.2. The molecule has 0 bridgehead atoms. The van der Waals surface area contributed by atoms with E-state index >= 15 is 0 Å². The highest BCUT2D eigenvalue weighted by Gasteiger charge is 2.70. The molecule has 5 rings (SSSR count). The second kappa shape index (κ2) is 7.27. The molecule has 0 radical (unpaired) electrons. The minimum Gasteiger partial charge on any atom is -0.370 e. The Kier molecular flexibility index (Phi) is 4.63. The Hall–Kier alpha value is -3.52. The van der Waals surface area contributed by atoms with Crippen LogP contribution in [0.25, 0.3) is 0 Å². The third kappa shape index (κ3) is 2.72.